The largest absolute Gasteiger partial charge is 0.508 e. The average Bonchev–Trinajstić information content (AvgIpc) is 2.46. The molecule has 0 unspecified atom stereocenters. The van der Waals surface area contributed by atoms with Crippen molar-refractivity contribution >= 4 is 29.0 Å². The second kappa shape index (κ2) is 5.33. The molecule has 0 saturated carbocycles. The van der Waals surface area contributed by atoms with E-state index in [1.807, 2.05) is 25.1 Å². The summed E-state index contributed by atoms with van der Waals surface area (Å²) in [5.41, 5.74) is 8.74. The van der Waals surface area contributed by atoms with E-state index >= 15 is 0 Å². The van der Waals surface area contributed by atoms with E-state index in [2.05, 4.69) is 0 Å². The zero-order chi connectivity index (χ0) is 15.0. The number of nitrogens with zero attached hydrogens (tertiary/aromatic N) is 1. The first-order valence-corrected chi connectivity index (χ1v) is 7.68. The Morgan fingerprint density at radius 1 is 1.29 bits per heavy atom. The lowest BCUT2D eigenvalue weighted by molar-refractivity contribution is 0.0987. The van der Waals surface area contributed by atoms with Gasteiger partial charge in [0.05, 0.1) is 5.69 Å². The summed E-state index contributed by atoms with van der Waals surface area (Å²) in [6, 6.07) is 10.5. The van der Waals surface area contributed by atoms with E-state index in [4.69, 9.17) is 5.73 Å². The number of nitrogen functional groups attached to an aromatic ring is 1. The van der Waals surface area contributed by atoms with Gasteiger partial charge in [0.15, 0.2) is 0 Å². The first-order chi connectivity index (χ1) is 10.1. The van der Waals surface area contributed by atoms with Crippen LogP contribution in [0.1, 0.15) is 15.9 Å². The van der Waals surface area contributed by atoms with E-state index in [-0.39, 0.29) is 11.7 Å². The monoisotopic (exact) mass is 300 g/mol. The summed E-state index contributed by atoms with van der Waals surface area (Å²) in [6.45, 7) is 2.48. The van der Waals surface area contributed by atoms with Crippen LogP contribution in [0.5, 0.6) is 5.75 Å². The molecule has 4 nitrogen and oxygen atoms in total. The van der Waals surface area contributed by atoms with E-state index in [1.54, 1.807) is 34.9 Å². The smallest absolute Gasteiger partial charge is 0.258 e. The quantitative estimate of drug-likeness (QED) is 0.794. The van der Waals surface area contributed by atoms with Gasteiger partial charge in [-0.15, -0.1) is 11.8 Å². The summed E-state index contributed by atoms with van der Waals surface area (Å²) >= 11 is 1.73. The van der Waals surface area contributed by atoms with Crippen LogP contribution in [0.2, 0.25) is 0 Å². The van der Waals surface area contributed by atoms with Crippen LogP contribution in [-0.2, 0) is 0 Å². The predicted molar refractivity (Wildman–Crippen MR) is 86.1 cm³/mol. The molecule has 21 heavy (non-hydrogen) atoms. The molecule has 0 bridgehead atoms. The van der Waals surface area contributed by atoms with Crippen LogP contribution in [0.4, 0.5) is 11.4 Å². The van der Waals surface area contributed by atoms with Gasteiger partial charge in [-0.05, 0) is 48.9 Å². The Kier molecular flexibility index (Phi) is 3.51. The number of anilines is 2. The number of amides is 1. The van der Waals surface area contributed by atoms with Crippen LogP contribution in [0.3, 0.4) is 0 Å². The maximum atomic E-state index is 12.8. The van der Waals surface area contributed by atoms with E-state index in [1.165, 1.54) is 0 Å². The highest BCUT2D eigenvalue weighted by Crippen LogP contribution is 2.37. The van der Waals surface area contributed by atoms with Crippen LogP contribution >= 0.6 is 11.8 Å². The van der Waals surface area contributed by atoms with Gasteiger partial charge in [0.2, 0.25) is 0 Å². The number of thioether (sulfide) groups is 1. The third-order valence-electron chi connectivity index (χ3n) is 3.53. The highest BCUT2D eigenvalue weighted by Gasteiger charge is 2.25. The molecule has 2 aromatic carbocycles. The molecule has 0 spiro atoms. The molecule has 3 N–H and O–H groups in total. The molecule has 3 rings (SSSR count). The number of aryl methyl sites for hydroxylation is 1. The Hall–Kier alpha value is -2.14. The number of phenols is 1. The predicted octanol–water partition coefficient (Wildman–Crippen LogP) is 3.04. The van der Waals surface area contributed by atoms with Crippen LogP contribution < -0.4 is 10.6 Å². The SMILES string of the molecule is Cc1cc(O)ccc1C(=O)N1CCSc2ccc(N)cc21. The van der Waals surface area contributed by atoms with Gasteiger partial charge in [-0.1, -0.05) is 0 Å². The van der Waals surface area contributed by atoms with Crippen molar-refractivity contribution in [2.75, 3.05) is 22.9 Å². The minimum Gasteiger partial charge on any atom is -0.508 e. The molecule has 0 aliphatic carbocycles. The number of hydrogen-bond donors (Lipinski definition) is 2. The Labute approximate surface area is 127 Å². The van der Waals surface area contributed by atoms with Gasteiger partial charge in [0.1, 0.15) is 5.75 Å². The molecule has 108 valence electrons. The number of carbonyl (C=O) groups is 1. The highest BCUT2D eigenvalue weighted by molar-refractivity contribution is 7.99. The number of benzene rings is 2. The Morgan fingerprint density at radius 3 is 2.86 bits per heavy atom. The number of rotatable bonds is 1. The molecule has 0 saturated heterocycles. The fourth-order valence-corrected chi connectivity index (χ4v) is 3.45. The summed E-state index contributed by atoms with van der Waals surface area (Å²) in [7, 11) is 0. The minimum absolute atomic E-state index is 0.0559. The van der Waals surface area contributed by atoms with Crippen molar-refractivity contribution < 1.29 is 9.90 Å². The third kappa shape index (κ3) is 2.56. The van der Waals surface area contributed by atoms with Gasteiger partial charge in [-0.3, -0.25) is 4.79 Å². The number of nitrogens with two attached hydrogens (primary N) is 1. The minimum atomic E-state index is -0.0559. The standard InChI is InChI=1S/C16H16N2O2S/c1-10-8-12(19)3-4-13(10)16(20)18-6-7-21-15-5-2-11(17)9-14(15)18/h2-5,8-9,19H,6-7,17H2,1H3. The van der Waals surface area contributed by atoms with Crippen molar-refractivity contribution in [3.05, 3.63) is 47.5 Å². The second-order valence-electron chi connectivity index (χ2n) is 5.03. The molecule has 1 amide bonds. The van der Waals surface area contributed by atoms with Gasteiger partial charge in [-0.25, -0.2) is 0 Å². The van der Waals surface area contributed by atoms with Crippen molar-refractivity contribution in [1.82, 2.24) is 0 Å². The summed E-state index contributed by atoms with van der Waals surface area (Å²) in [4.78, 5) is 15.6. The molecule has 1 aliphatic heterocycles. The number of aromatic hydroxyl groups is 1. The van der Waals surface area contributed by atoms with Crippen molar-refractivity contribution in [2.45, 2.75) is 11.8 Å². The lowest BCUT2D eigenvalue weighted by Crippen LogP contribution is -2.35. The van der Waals surface area contributed by atoms with Crippen LogP contribution in [0.15, 0.2) is 41.3 Å². The molecule has 0 fully saturated rings. The van der Waals surface area contributed by atoms with Crippen LogP contribution in [0, 0.1) is 6.92 Å². The molecule has 1 heterocycles. The zero-order valence-electron chi connectivity index (χ0n) is 11.7. The van der Waals surface area contributed by atoms with E-state index in [0.717, 1.165) is 21.9 Å². The summed E-state index contributed by atoms with van der Waals surface area (Å²) in [6.07, 6.45) is 0. The van der Waals surface area contributed by atoms with Crippen molar-refractivity contribution in [3.63, 3.8) is 0 Å². The third-order valence-corrected chi connectivity index (χ3v) is 4.57. The molecule has 5 heteroatoms. The topological polar surface area (TPSA) is 66.6 Å². The summed E-state index contributed by atoms with van der Waals surface area (Å²) in [5, 5.41) is 9.48. The molecule has 0 radical (unpaired) electrons. The Balaban J connectivity index is 2.02. The van der Waals surface area contributed by atoms with Crippen molar-refractivity contribution in [1.29, 1.82) is 0 Å². The average molecular weight is 300 g/mol. The normalized spacial score (nSPS) is 13.9. The number of hydrogen-bond acceptors (Lipinski definition) is 4. The van der Waals surface area contributed by atoms with Gasteiger partial charge < -0.3 is 15.7 Å². The number of phenolic OH excluding ortho intramolecular Hbond substituents is 1. The second-order valence-corrected chi connectivity index (χ2v) is 6.17. The van der Waals surface area contributed by atoms with Crippen molar-refractivity contribution in [3.8, 4) is 5.75 Å². The fourth-order valence-electron chi connectivity index (χ4n) is 2.48. The van der Waals surface area contributed by atoms with Gasteiger partial charge in [-0.2, -0.15) is 0 Å². The number of carbonyl (C=O) groups excluding carboxylic acids is 1. The lowest BCUT2D eigenvalue weighted by atomic mass is 10.1. The maximum Gasteiger partial charge on any atom is 0.258 e. The maximum absolute atomic E-state index is 12.8. The molecular formula is C16H16N2O2S. The van der Waals surface area contributed by atoms with E-state index in [9.17, 15) is 9.90 Å². The zero-order valence-corrected chi connectivity index (χ0v) is 12.5. The van der Waals surface area contributed by atoms with Crippen LogP contribution in [0.25, 0.3) is 0 Å². The van der Waals surface area contributed by atoms with Gasteiger partial charge in [0, 0.05) is 28.4 Å². The Morgan fingerprint density at radius 2 is 2.10 bits per heavy atom. The molecule has 2 aromatic rings. The molecular weight excluding hydrogens is 284 g/mol. The van der Waals surface area contributed by atoms with E-state index < -0.39 is 0 Å². The lowest BCUT2D eigenvalue weighted by Gasteiger charge is -2.29. The molecule has 1 aliphatic rings. The number of fused-ring (bicyclic) bond motifs is 1. The summed E-state index contributed by atoms with van der Waals surface area (Å²) < 4.78 is 0. The van der Waals surface area contributed by atoms with E-state index in [0.29, 0.717) is 17.8 Å². The Bertz CT molecular complexity index is 715. The van der Waals surface area contributed by atoms with Crippen molar-refractivity contribution in [2.24, 2.45) is 0 Å². The first kappa shape index (κ1) is 13.8. The van der Waals surface area contributed by atoms with Gasteiger partial charge in [0.25, 0.3) is 5.91 Å². The van der Waals surface area contributed by atoms with Crippen LogP contribution in [-0.4, -0.2) is 23.3 Å². The molecule has 0 aromatic heterocycles. The highest BCUT2D eigenvalue weighted by atomic mass is 32.2. The molecule has 0 atom stereocenters. The fraction of sp³-hybridized carbons (Fsp3) is 0.188. The van der Waals surface area contributed by atoms with Gasteiger partial charge >= 0.3 is 0 Å². The first-order valence-electron chi connectivity index (χ1n) is 6.70. The summed E-state index contributed by atoms with van der Waals surface area (Å²) in [5.74, 6) is 0.974.